The van der Waals surface area contributed by atoms with Gasteiger partial charge >= 0.3 is 0 Å². The molecular formula is C64H113N11O12. The fourth-order valence-corrected chi connectivity index (χ4v) is 10.8. The summed E-state index contributed by atoms with van der Waals surface area (Å²) < 4.78 is 0. The molecule has 0 fully saturated rings. The molecule has 0 aliphatic carbocycles. The van der Waals surface area contributed by atoms with Gasteiger partial charge in [0.2, 0.25) is 65.0 Å². The average Bonchev–Trinajstić information content (AvgIpc) is 2.09. The predicted octanol–water partition coefficient (Wildman–Crippen LogP) is 3.83. The van der Waals surface area contributed by atoms with Crippen molar-refractivity contribution in [2.75, 3.05) is 55.9 Å². The fraction of sp³-hybridized carbons (Fsp3) is 0.766. The van der Waals surface area contributed by atoms with E-state index in [9.17, 15) is 48.3 Å². The number of allylic oxidation sites excluding steroid dienone is 2. The van der Waals surface area contributed by atoms with E-state index in [0.717, 1.165) is 9.80 Å². The summed E-state index contributed by atoms with van der Waals surface area (Å²) in [4.78, 5) is 168. The van der Waals surface area contributed by atoms with E-state index in [4.69, 9.17) is 0 Å². The van der Waals surface area contributed by atoms with E-state index in [1.165, 1.54) is 92.9 Å². The number of nitrogens with one attached hydrogen (secondary N) is 4. The normalized spacial score (nSPS) is 27.0. The lowest BCUT2D eigenvalue weighted by molar-refractivity contribution is -0.157. The van der Waals surface area contributed by atoms with Crippen LogP contribution in [0.2, 0.25) is 0 Å². The molecule has 0 bridgehead atoms. The molecule has 0 saturated heterocycles. The number of hydrogen-bond acceptors (Lipinski definition) is 12. The van der Waals surface area contributed by atoms with Crippen molar-refractivity contribution >= 4 is 65.0 Å². The summed E-state index contributed by atoms with van der Waals surface area (Å²) in [5, 5.41) is 23.3. The Morgan fingerprint density at radius 3 is 1.40 bits per heavy atom. The number of rotatable bonds is 15. The van der Waals surface area contributed by atoms with Crippen molar-refractivity contribution in [3.63, 3.8) is 0 Å². The van der Waals surface area contributed by atoms with Gasteiger partial charge in [-0.3, -0.25) is 52.7 Å². The van der Waals surface area contributed by atoms with E-state index in [0.29, 0.717) is 6.42 Å². The zero-order valence-electron chi connectivity index (χ0n) is 57.2. The minimum Gasteiger partial charge on any atom is -0.390 e. The monoisotopic (exact) mass is 1230 g/mol. The molecule has 12 atom stereocenters. The lowest BCUT2D eigenvalue weighted by atomic mass is 9.91. The van der Waals surface area contributed by atoms with Crippen molar-refractivity contribution < 1.29 is 57.8 Å². The minimum absolute atomic E-state index is 0.0215. The highest BCUT2D eigenvalue weighted by Gasteiger charge is 2.45. The third-order valence-corrected chi connectivity index (χ3v) is 16.2. The molecule has 0 saturated carbocycles. The van der Waals surface area contributed by atoms with Crippen molar-refractivity contribution in [1.29, 1.82) is 0 Å². The van der Waals surface area contributed by atoms with Gasteiger partial charge in [0, 0.05) is 61.5 Å². The third-order valence-electron chi connectivity index (χ3n) is 16.2. The van der Waals surface area contributed by atoms with Crippen molar-refractivity contribution in [3.05, 3.63) is 24.3 Å². The first-order chi connectivity index (χ1) is 40.2. The number of nitrogens with zero attached hydrogens (tertiary/aromatic N) is 7. The van der Waals surface area contributed by atoms with Gasteiger partial charge in [-0.1, -0.05) is 115 Å². The van der Waals surface area contributed by atoms with Gasteiger partial charge in [-0.2, -0.15) is 0 Å². The van der Waals surface area contributed by atoms with Crippen molar-refractivity contribution in [2.24, 2.45) is 41.4 Å². The van der Waals surface area contributed by atoms with Crippen LogP contribution < -0.4 is 21.3 Å². The predicted molar refractivity (Wildman–Crippen MR) is 338 cm³/mol. The molecule has 0 aromatic heterocycles. The van der Waals surface area contributed by atoms with Gasteiger partial charge in [0.05, 0.1) is 12.6 Å². The quantitative estimate of drug-likeness (QED) is 0.146. The molecule has 23 nitrogen and oxygen atoms in total. The maximum Gasteiger partial charge on any atom is 0.246 e. The second-order valence-electron chi connectivity index (χ2n) is 26.5. The summed E-state index contributed by atoms with van der Waals surface area (Å²) in [5.74, 6) is -9.26. The van der Waals surface area contributed by atoms with Crippen LogP contribution in [-0.2, 0) is 52.7 Å². The molecule has 496 valence electrons. The highest BCUT2D eigenvalue weighted by Crippen LogP contribution is 2.26. The smallest absolute Gasteiger partial charge is 0.246 e. The SMILES string of the molecule is C/C=C/C[C@@H](C)[C@@H](O)[C@H]1C(=O)NC(CC)C(=O)N(C)CC(=O)N(C)[C@@H](CC(C)C)C(=O)NC(C(C)C)C(=O)N(C)[C@@H](CC(C)C)C(=O)NC(C)/C=C/C(=O)N[C@H](C)C(=O)N(C)[C@@H](CC(C)C)C(=O)N(C)C(CC(C)C)C(=O)N(C)[C@@H](C(C)C)C(=O)N1C. The third kappa shape index (κ3) is 22.9. The van der Waals surface area contributed by atoms with E-state index < -0.39 is 156 Å². The second kappa shape index (κ2) is 36.2. The Balaban J connectivity index is 4.28. The van der Waals surface area contributed by atoms with Gasteiger partial charge in [0.1, 0.15) is 54.4 Å². The minimum atomic E-state index is -1.61. The van der Waals surface area contributed by atoms with E-state index in [1.807, 2.05) is 55.4 Å². The number of aliphatic hydroxyl groups excluding tert-OH is 1. The number of likely N-dealkylation sites (N-methyl/N-ethyl adjacent to an activating group) is 7. The van der Waals surface area contributed by atoms with Crippen LogP contribution in [0.5, 0.6) is 0 Å². The van der Waals surface area contributed by atoms with Crippen LogP contribution in [-0.4, -0.2) is 227 Å². The van der Waals surface area contributed by atoms with Crippen molar-refractivity contribution in [3.8, 4) is 0 Å². The summed E-state index contributed by atoms with van der Waals surface area (Å²) in [6, 6.07) is -11.6. The molecule has 5 N–H and O–H groups in total. The standard InChI is InChI=1S/C64H113N11O12/c1-25-27-28-42(15)55(78)54-58(81)67-45(26-2)60(83)69(18)35-51(77)70(19)46(31-36(3)4)57(80)68-52(40(11)12)63(86)71(20)47(32-37(5)6)56(79)65-43(16)29-30-50(76)66-44(17)59(82)72(21)48(33-38(7)8)61(84)73(22)49(34-39(9)10)62(85)74(23)53(41(13)14)64(87)75(54)24/h25,27,29-30,36-49,52-55,78H,26,28,31-35H2,1-24H3,(H,65,79)(H,66,76)(H,67,81)(H,68,80)/b27-25+,30-29+/t42-,43?,44-,45?,46+,47+,48+,49?,52?,53+,54+,55-/m1/s1. The van der Waals surface area contributed by atoms with E-state index >= 15 is 9.59 Å². The lowest BCUT2D eigenvalue weighted by Gasteiger charge is -2.41. The van der Waals surface area contributed by atoms with Gasteiger partial charge < -0.3 is 60.7 Å². The zero-order chi connectivity index (χ0) is 67.4. The second-order valence-corrected chi connectivity index (χ2v) is 26.5. The summed E-state index contributed by atoms with van der Waals surface area (Å²) in [6.45, 7) is 29.7. The molecule has 0 aromatic carbocycles. The Morgan fingerprint density at radius 2 is 0.943 bits per heavy atom. The zero-order valence-corrected chi connectivity index (χ0v) is 57.2. The molecule has 1 heterocycles. The molecule has 1 rings (SSSR count). The summed E-state index contributed by atoms with van der Waals surface area (Å²) >= 11 is 0. The molecule has 11 amide bonds. The fourth-order valence-electron chi connectivity index (χ4n) is 10.8. The van der Waals surface area contributed by atoms with Crippen LogP contribution in [0.3, 0.4) is 0 Å². The van der Waals surface area contributed by atoms with Crippen LogP contribution in [0, 0.1) is 41.4 Å². The van der Waals surface area contributed by atoms with Gasteiger partial charge in [-0.15, -0.1) is 0 Å². The molecule has 23 heteroatoms. The maximum atomic E-state index is 15.1. The first-order valence-electron chi connectivity index (χ1n) is 31.2. The van der Waals surface area contributed by atoms with Gasteiger partial charge in [-0.25, -0.2) is 0 Å². The molecular weight excluding hydrogens is 1110 g/mol. The lowest BCUT2D eigenvalue weighted by Crippen LogP contribution is -2.63. The van der Waals surface area contributed by atoms with E-state index in [2.05, 4.69) is 21.3 Å². The summed E-state index contributed by atoms with van der Waals surface area (Å²) in [6.07, 6.45) is 5.74. The Bertz CT molecular complexity index is 2410. The number of amides is 11. The van der Waals surface area contributed by atoms with E-state index in [1.54, 1.807) is 67.5 Å². The van der Waals surface area contributed by atoms with Crippen molar-refractivity contribution in [2.45, 2.75) is 223 Å². The van der Waals surface area contributed by atoms with Gasteiger partial charge in [-0.05, 0) is 101 Å². The van der Waals surface area contributed by atoms with Gasteiger partial charge in [0.25, 0.3) is 0 Å². The topological polar surface area (TPSA) is 279 Å². The summed E-state index contributed by atoms with van der Waals surface area (Å²) in [5.41, 5.74) is 0. The molecule has 1 aliphatic rings. The molecule has 87 heavy (non-hydrogen) atoms. The highest BCUT2D eigenvalue weighted by atomic mass is 16.3. The maximum absolute atomic E-state index is 15.1. The first-order valence-corrected chi connectivity index (χ1v) is 31.2. The average molecular weight is 1230 g/mol. The largest absolute Gasteiger partial charge is 0.390 e. The van der Waals surface area contributed by atoms with Crippen molar-refractivity contribution in [1.82, 2.24) is 55.6 Å². The van der Waals surface area contributed by atoms with E-state index in [-0.39, 0.29) is 55.8 Å². The highest BCUT2D eigenvalue weighted by molar-refractivity contribution is 5.99. The summed E-state index contributed by atoms with van der Waals surface area (Å²) in [7, 11) is 10.00. The Hall–Kier alpha value is -6.39. The van der Waals surface area contributed by atoms with Crippen LogP contribution in [0.15, 0.2) is 24.3 Å². The Kier molecular flexibility index (Phi) is 32.7. The number of aliphatic hydroxyl groups is 1. The molecule has 0 spiro atoms. The molecule has 4 unspecified atom stereocenters. The Morgan fingerprint density at radius 1 is 0.506 bits per heavy atom. The number of hydrogen-bond donors (Lipinski definition) is 5. The first kappa shape index (κ1) is 78.6. The van der Waals surface area contributed by atoms with Gasteiger partial charge in [0.15, 0.2) is 0 Å². The molecule has 0 aromatic rings. The van der Waals surface area contributed by atoms with Crippen LogP contribution in [0.4, 0.5) is 0 Å². The Labute approximate surface area is 520 Å². The van der Waals surface area contributed by atoms with Crippen LogP contribution >= 0.6 is 0 Å². The number of carbonyl (C=O) groups is 11. The number of carbonyl (C=O) groups excluding carboxylic acids is 11. The molecule has 0 radical (unpaired) electrons. The van der Waals surface area contributed by atoms with Crippen LogP contribution in [0.25, 0.3) is 0 Å². The molecule has 1 aliphatic heterocycles. The van der Waals surface area contributed by atoms with Crippen LogP contribution in [0.1, 0.15) is 156 Å².